The van der Waals surface area contributed by atoms with Crippen LogP contribution in [0.15, 0.2) is 42.5 Å². The summed E-state index contributed by atoms with van der Waals surface area (Å²) in [6, 6.07) is 10.1. The van der Waals surface area contributed by atoms with Crippen LogP contribution in [-0.4, -0.2) is 11.0 Å². The van der Waals surface area contributed by atoms with Crippen molar-refractivity contribution >= 4 is 40.5 Å². The fourth-order valence-corrected chi connectivity index (χ4v) is 2.96. The van der Waals surface area contributed by atoms with Crippen molar-refractivity contribution in [3.8, 4) is 0 Å². The number of thiocarbonyl (C=S) groups is 1. The first-order chi connectivity index (χ1) is 13.2. The Labute approximate surface area is 172 Å². The third kappa shape index (κ3) is 6.49. The number of benzene rings is 2. The van der Waals surface area contributed by atoms with Gasteiger partial charge in [-0.2, -0.15) is 13.2 Å². The molecule has 0 aliphatic rings. The average Bonchev–Trinajstić information content (AvgIpc) is 2.62. The Balaban J connectivity index is 1.98. The molecule has 0 heterocycles. The van der Waals surface area contributed by atoms with E-state index in [0.29, 0.717) is 11.8 Å². The van der Waals surface area contributed by atoms with Crippen molar-refractivity contribution in [2.24, 2.45) is 0 Å². The molecule has 0 unspecified atom stereocenters. The van der Waals surface area contributed by atoms with E-state index < -0.39 is 17.6 Å². The van der Waals surface area contributed by atoms with Crippen LogP contribution in [0.4, 0.5) is 18.9 Å². The Bertz CT molecular complexity index is 838. The van der Waals surface area contributed by atoms with E-state index in [1.807, 2.05) is 24.3 Å². The summed E-state index contributed by atoms with van der Waals surface area (Å²) in [6.45, 7) is 2.15. The number of hydrogen-bond donors (Lipinski definition) is 2. The molecule has 8 heteroatoms. The maximum absolute atomic E-state index is 12.8. The largest absolute Gasteiger partial charge is 0.416 e. The predicted molar refractivity (Wildman–Crippen MR) is 110 cm³/mol. The van der Waals surface area contributed by atoms with E-state index in [2.05, 4.69) is 17.6 Å². The number of unbranched alkanes of at least 4 members (excludes halogenated alkanes) is 2. The second kappa shape index (κ2) is 9.89. The number of aryl methyl sites for hydroxylation is 1. The van der Waals surface area contributed by atoms with Gasteiger partial charge in [-0.25, -0.2) is 0 Å². The maximum atomic E-state index is 12.8. The van der Waals surface area contributed by atoms with Crippen LogP contribution in [0.1, 0.15) is 47.7 Å². The number of carbonyl (C=O) groups excluding carboxylic acids is 1. The Morgan fingerprint density at radius 3 is 2.39 bits per heavy atom. The van der Waals surface area contributed by atoms with E-state index in [-0.39, 0.29) is 15.7 Å². The molecule has 0 saturated carbocycles. The smallest absolute Gasteiger partial charge is 0.332 e. The lowest BCUT2D eigenvalue weighted by Crippen LogP contribution is -2.34. The van der Waals surface area contributed by atoms with E-state index in [4.69, 9.17) is 23.8 Å². The standard InChI is InChI=1S/C20H20ClF3N2OS/c1-2-3-4-5-13-6-9-15(10-7-13)25-19(28)26-18(27)16-12-14(20(22,23)24)8-11-17(16)21/h6-12H,2-5H2,1H3,(H2,25,26,27,28). The monoisotopic (exact) mass is 428 g/mol. The van der Waals surface area contributed by atoms with Gasteiger partial charge >= 0.3 is 6.18 Å². The third-order valence-corrected chi connectivity index (χ3v) is 4.58. The van der Waals surface area contributed by atoms with Gasteiger partial charge < -0.3 is 5.32 Å². The van der Waals surface area contributed by atoms with Gasteiger partial charge in [0.2, 0.25) is 0 Å². The summed E-state index contributed by atoms with van der Waals surface area (Å²) in [4.78, 5) is 12.3. The Kier molecular flexibility index (Phi) is 7.83. The van der Waals surface area contributed by atoms with Gasteiger partial charge in [-0.1, -0.05) is 43.5 Å². The minimum atomic E-state index is -4.57. The summed E-state index contributed by atoms with van der Waals surface area (Å²) in [5.41, 5.74) is 0.607. The first kappa shape index (κ1) is 22.2. The number of rotatable bonds is 6. The van der Waals surface area contributed by atoms with Crippen LogP contribution in [-0.2, 0) is 12.6 Å². The quantitative estimate of drug-likeness (QED) is 0.424. The average molecular weight is 429 g/mol. The fourth-order valence-electron chi connectivity index (χ4n) is 2.54. The van der Waals surface area contributed by atoms with Crippen molar-refractivity contribution in [3.63, 3.8) is 0 Å². The molecule has 0 atom stereocenters. The highest BCUT2D eigenvalue weighted by molar-refractivity contribution is 7.80. The molecule has 0 aliphatic carbocycles. The van der Waals surface area contributed by atoms with Gasteiger partial charge in [0.15, 0.2) is 5.11 Å². The summed E-state index contributed by atoms with van der Waals surface area (Å²) < 4.78 is 38.5. The van der Waals surface area contributed by atoms with Crippen molar-refractivity contribution < 1.29 is 18.0 Å². The minimum absolute atomic E-state index is 0.0304. The van der Waals surface area contributed by atoms with Crippen LogP contribution < -0.4 is 10.6 Å². The van der Waals surface area contributed by atoms with E-state index in [1.165, 1.54) is 12.0 Å². The number of amides is 1. The van der Waals surface area contributed by atoms with E-state index in [0.717, 1.165) is 31.4 Å². The van der Waals surface area contributed by atoms with Crippen molar-refractivity contribution in [2.75, 3.05) is 5.32 Å². The van der Waals surface area contributed by atoms with Crippen molar-refractivity contribution in [3.05, 3.63) is 64.2 Å². The SMILES string of the molecule is CCCCCc1ccc(NC(=S)NC(=O)c2cc(C(F)(F)F)ccc2Cl)cc1. The first-order valence-electron chi connectivity index (χ1n) is 8.78. The molecule has 0 aliphatic heterocycles. The molecule has 2 aromatic carbocycles. The molecule has 2 aromatic rings. The van der Waals surface area contributed by atoms with Gasteiger partial charge in [-0.05, 0) is 61.0 Å². The van der Waals surface area contributed by atoms with E-state index in [1.54, 1.807) is 0 Å². The lowest BCUT2D eigenvalue weighted by molar-refractivity contribution is -0.137. The van der Waals surface area contributed by atoms with Gasteiger partial charge in [0, 0.05) is 5.69 Å². The predicted octanol–water partition coefficient (Wildman–Crippen LogP) is 6.22. The molecule has 3 nitrogen and oxygen atoms in total. The third-order valence-electron chi connectivity index (χ3n) is 4.05. The van der Waals surface area contributed by atoms with Crippen LogP contribution in [0.3, 0.4) is 0 Å². The Morgan fingerprint density at radius 2 is 1.79 bits per heavy atom. The van der Waals surface area contributed by atoms with Crippen molar-refractivity contribution in [1.82, 2.24) is 5.32 Å². The molecule has 2 rings (SSSR count). The van der Waals surface area contributed by atoms with Crippen LogP contribution in [0, 0.1) is 0 Å². The summed E-state index contributed by atoms with van der Waals surface area (Å²) in [7, 11) is 0. The molecular formula is C20H20ClF3N2OS. The molecule has 0 fully saturated rings. The van der Waals surface area contributed by atoms with Gasteiger partial charge in [-0.15, -0.1) is 0 Å². The lowest BCUT2D eigenvalue weighted by atomic mass is 10.1. The lowest BCUT2D eigenvalue weighted by Gasteiger charge is -2.13. The molecule has 150 valence electrons. The number of alkyl halides is 3. The highest BCUT2D eigenvalue weighted by atomic mass is 35.5. The van der Waals surface area contributed by atoms with Crippen LogP contribution in [0.2, 0.25) is 5.02 Å². The summed E-state index contributed by atoms with van der Waals surface area (Å²) in [5.74, 6) is -0.815. The number of anilines is 1. The van der Waals surface area contributed by atoms with E-state index >= 15 is 0 Å². The zero-order valence-electron chi connectivity index (χ0n) is 15.2. The number of hydrogen-bond acceptors (Lipinski definition) is 2. The highest BCUT2D eigenvalue weighted by Gasteiger charge is 2.31. The molecule has 0 radical (unpaired) electrons. The van der Waals surface area contributed by atoms with Crippen LogP contribution >= 0.6 is 23.8 Å². The molecule has 0 bridgehead atoms. The van der Waals surface area contributed by atoms with Gasteiger partial charge in [-0.3, -0.25) is 10.1 Å². The maximum Gasteiger partial charge on any atom is 0.416 e. The summed E-state index contributed by atoms with van der Waals surface area (Å²) >= 11 is 10.9. The molecule has 28 heavy (non-hydrogen) atoms. The van der Waals surface area contributed by atoms with Gasteiger partial charge in [0.25, 0.3) is 5.91 Å². The second-order valence-corrected chi connectivity index (χ2v) is 7.07. The highest BCUT2D eigenvalue weighted by Crippen LogP contribution is 2.31. The molecule has 0 aromatic heterocycles. The second-order valence-electron chi connectivity index (χ2n) is 6.25. The first-order valence-corrected chi connectivity index (χ1v) is 9.57. The zero-order chi connectivity index (χ0) is 20.7. The molecule has 1 amide bonds. The van der Waals surface area contributed by atoms with Crippen molar-refractivity contribution in [1.29, 1.82) is 0 Å². The van der Waals surface area contributed by atoms with Gasteiger partial charge in [0.1, 0.15) is 0 Å². The summed E-state index contributed by atoms with van der Waals surface area (Å²) in [5, 5.41) is 5.06. The van der Waals surface area contributed by atoms with Crippen LogP contribution in [0.25, 0.3) is 0 Å². The Hall–Kier alpha value is -2.12. The Morgan fingerprint density at radius 1 is 1.11 bits per heavy atom. The molecule has 2 N–H and O–H groups in total. The molecule has 0 saturated heterocycles. The number of halogens is 4. The number of nitrogens with one attached hydrogen (secondary N) is 2. The molecular weight excluding hydrogens is 409 g/mol. The topological polar surface area (TPSA) is 41.1 Å². The van der Waals surface area contributed by atoms with Crippen LogP contribution in [0.5, 0.6) is 0 Å². The number of carbonyl (C=O) groups is 1. The van der Waals surface area contributed by atoms with E-state index in [9.17, 15) is 18.0 Å². The minimum Gasteiger partial charge on any atom is -0.332 e. The molecule has 0 spiro atoms. The van der Waals surface area contributed by atoms with Crippen molar-refractivity contribution in [2.45, 2.75) is 38.8 Å². The zero-order valence-corrected chi connectivity index (χ0v) is 16.8. The normalized spacial score (nSPS) is 11.2. The summed E-state index contributed by atoms with van der Waals surface area (Å²) in [6.07, 6.45) is -0.131. The fraction of sp³-hybridized carbons (Fsp3) is 0.300. The van der Waals surface area contributed by atoms with Gasteiger partial charge in [0.05, 0.1) is 16.1 Å².